The predicted molar refractivity (Wildman–Crippen MR) is 72.9 cm³/mol. The van der Waals surface area contributed by atoms with Gasteiger partial charge in [0.25, 0.3) is 10.0 Å². The van der Waals surface area contributed by atoms with E-state index < -0.39 is 10.0 Å². The summed E-state index contributed by atoms with van der Waals surface area (Å²) in [5.74, 6) is 0. The van der Waals surface area contributed by atoms with Crippen molar-refractivity contribution in [3.05, 3.63) is 40.5 Å². The summed E-state index contributed by atoms with van der Waals surface area (Å²) in [4.78, 5) is 0. The highest BCUT2D eigenvalue weighted by atomic mass is 79.9. The summed E-state index contributed by atoms with van der Waals surface area (Å²) in [7, 11) is -2.01. The molecule has 0 aliphatic rings. The fraction of sp³-hybridized carbons (Fsp3) is 0.182. The van der Waals surface area contributed by atoms with Crippen LogP contribution in [0.2, 0.25) is 0 Å². The van der Waals surface area contributed by atoms with Gasteiger partial charge in [0.15, 0.2) is 5.03 Å². The minimum Gasteiger partial charge on any atom is -0.278 e. The first-order valence-electron chi connectivity index (χ1n) is 5.17. The van der Waals surface area contributed by atoms with Crippen LogP contribution < -0.4 is 4.72 Å². The molecule has 2 aromatic rings. The molecule has 1 N–H and O–H groups in total. The molecule has 0 aliphatic carbocycles. The predicted octanol–water partition coefficient (Wildman–Crippen LogP) is 2.29. The highest BCUT2D eigenvalue weighted by Crippen LogP contribution is 2.22. The summed E-state index contributed by atoms with van der Waals surface area (Å²) in [6.07, 6.45) is 1.45. The Kier molecular flexibility index (Phi) is 3.45. The third kappa shape index (κ3) is 2.56. The van der Waals surface area contributed by atoms with Gasteiger partial charge in [0, 0.05) is 17.2 Å². The average molecular weight is 330 g/mol. The number of sulfonamides is 1. The highest BCUT2D eigenvalue weighted by molar-refractivity contribution is 9.10. The second-order valence-corrected chi connectivity index (χ2v) is 6.35. The molecule has 1 aromatic carbocycles. The van der Waals surface area contributed by atoms with Gasteiger partial charge in [0.2, 0.25) is 0 Å². The quantitative estimate of drug-likeness (QED) is 0.939. The first-order valence-corrected chi connectivity index (χ1v) is 7.45. The number of anilines is 1. The maximum absolute atomic E-state index is 12.1. The van der Waals surface area contributed by atoms with Crippen molar-refractivity contribution in [1.82, 2.24) is 9.78 Å². The zero-order valence-corrected chi connectivity index (χ0v) is 12.3. The van der Waals surface area contributed by atoms with Gasteiger partial charge in [-0.25, -0.2) is 0 Å². The molecule has 1 aromatic heterocycles. The molecule has 0 radical (unpaired) electrons. The molecule has 0 bridgehead atoms. The molecule has 0 saturated carbocycles. The lowest BCUT2D eigenvalue weighted by Crippen LogP contribution is -2.16. The molecule has 0 aliphatic heterocycles. The molecule has 18 heavy (non-hydrogen) atoms. The molecule has 0 saturated heterocycles. The van der Waals surface area contributed by atoms with Crippen LogP contribution in [-0.2, 0) is 17.1 Å². The molecule has 0 fully saturated rings. The number of aromatic nitrogens is 2. The van der Waals surface area contributed by atoms with Gasteiger partial charge in [-0.05, 0) is 36.8 Å². The second-order valence-electron chi connectivity index (χ2n) is 3.86. The third-order valence-electron chi connectivity index (χ3n) is 2.46. The van der Waals surface area contributed by atoms with Crippen LogP contribution in [0.1, 0.15) is 5.56 Å². The van der Waals surface area contributed by atoms with Crippen molar-refractivity contribution in [2.75, 3.05) is 4.72 Å². The van der Waals surface area contributed by atoms with Crippen molar-refractivity contribution in [2.24, 2.45) is 7.05 Å². The smallest absolute Gasteiger partial charge is 0.278 e. The Labute approximate surface area is 114 Å². The maximum Gasteiger partial charge on any atom is 0.279 e. The lowest BCUT2D eigenvalue weighted by molar-refractivity contribution is 0.582. The van der Waals surface area contributed by atoms with Gasteiger partial charge in [-0.15, -0.1) is 0 Å². The first kappa shape index (κ1) is 13.1. The highest BCUT2D eigenvalue weighted by Gasteiger charge is 2.18. The van der Waals surface area contributed by atoms with Crippen LogP contribution in [0.15, 0.2) is 40.0 Å². The molecule has 0 spiro atoms. The van der Waals surface area contributed by atoms with E-state index in [-0.39, 0.29) is 5.03 Å². The monoisotopic (exact) mass is 329 g/mol. The molecular formula is C11H12BrN3O2S. The topological polar surface area (TPSA) is 64.0 Å². The lowest BCUT2D eigenvalue weighted by Gasteiger charge is -2.09. The molecule has 7 heteroatoms. The number of halogens is 1. The fourth-order valence-corrected chi connectivity index (χ4v) is 2.96. The molecular weight excluding hydrogens is 318 g/mol. The Balaban J connectivity index is 2.34. The molecule has 5 nitrogen and oxygen atoms in total. The van der Waals surface area contributed by atoms with Crippen molar-refractivity contribution in [1.29, 1.82) is 0 Å². The summed E-state index contributed by atoms with van der Waals surface area (Å²) >= 11 is 3.37. The fourth-order valence-electron chi connectivity index (χ4n) is 1.54. The number of aryl methyl sites for hydroxylation is 2. The van der Waals surface area contributed by atoms with E-state index in [9.17, 15) is 8.42 Å². The van der Waals surface area contributed by atoms with E-state index in [0.717, 1.165) is 10.0 Å². The van der Waals surface area contributed by atoms with Gasteiger partial charge in [-0.2, -0.15) is 13.5 Å². The Morgan fingerprint density at radius 1 is 1.33 bits per heavy atom. The number of nitrogens with one attached hydrogen (secondary N) is 1. The lowest BCUT2D eigenvalue weighted by atomic mass is 10.2. The maximum atomic E-state index is 12.1. The van der Waals surface area contributed by atoms with Gasteiger partial charge in [-0.3, -0.25) is 9.40 Å². The van der Waals surface area contributed by atoms with E-state index in [2.05, 4.69) is 25.8 Å². The van der Waals surface area contributed by atoms with E-state index in [1.165, 1.54) is 16.9 Å². The van der Waals surface area contributed by atoms with Crippen LogP contribution >= 0.6 is 15.9 Å². The van der Waals surface area contributed by atoms with Crippen LogP contribution in [-0.4, -0.2) is 18.2 Å². The van der Waals surface area contributed by atoms with Crippen LogP contribution in [0.3, 0.4) is 0 Å². The van der Waals surface area contributed by atoms with Gasteiger partial charge >= 0.3 is 0 Å². The number of nitrogens with zero attached hydrogens (tertiary/aromatic N) is 2. The first-order chi connectivity index (χ1) is 8.40. The van der Waals surface area contributed by atoms with Gasteiger partial charge < -0.3 is 0 Å². The number of hydrogen-bond acceptors (Lipinski definition) is 3. The second kappa shape index (κ2) is 4.74. The van der Waals surface area contributed by atoms with Crippen LogP contribution in [0.4, 0.5) is 5.69 Å². The normalized spacial score (nSPS) is 11.5. The zero-order chi connectivity index (χ0) is 13.3. The molecule has 0 atom stereocenters. The Morgan fingerprint density at radius 2 is 2.06 bits per heavy atom. The van der Waals surface area contributed by atoms with Crippen molar-refractivity contribution < 1.29 is 8.42 Å². The SMILES string of the molecule is Cc1cc(NS(=O)(=O)c2ccnn2C)ccc1Br. The minimum absolute atomic E-state index is 0.128. The number of rotatable bonds is 3. The third-order valence-corrected chi connectivity index (χ3v) is 4.81. The minimum atomic E-state index is -3.60. The summed E-state index contributed by atoms with van der Waals surface area (Å²) in [6, 6.07) is 6.72. The molecule has 2 rings (SSSR count). The van der Waals surface area contributed by atoms with Crippen molar-refractivity contribution in [2.45, 2.75) is 11.9 Å². The van der Waals surface area contributed by atoms with Gasteiger partial charge in [0.1, 0.15) is 0 Å². The largest absolute Gasteiger partial charge is 0.279 e. The Bertz CT molecular complexity index is 679. The molecule has 0 amide bonds. The van der Waals surface area contributed by atoms with Crippen molar-refractivity contribution >= 4 is 31.6 Å². The zero-order valence-electron chi connectivity index (χ0n) is 9.88. The summed E-state index contributed by atoms with van der Waals surface area (Å²) in [6.45, 7) is 1.89. The van der Waals surface area contributed by atoms with Crippen molar-refractivity contribution in [3.63, 3.8) is 0 Å². The average Bonchev–Trinajstić information content (AvgIpc) is 2.70. The van der Waals surface area contributed by atoms with Crippen molar-refractivity contribution in [3.8, 4) is 0 Å². The number of benzene rings is 1. The van der Waals surface area contributed by atoms with E-state index in [0.29, 0.717) is 5.69 Å². The Morgan fingerprint density at radius 3 is 2.61 bits per heavy atom. The van der Waals surface area contributed by atoms with E-state index in [1.807, 2.05) is 6.92 Å². The molecule has 1 heterocycles. The Hall–Kier alpha value is -1.34. The van der Waals surface area contributed by atoms with Crippen LogP contribution in [0, 0.1) is 6.92 Å². The van der Waals surface area contributed by atoms with Crippen LogP contribution in [0.25, 0.3) is 0 Å². The summed E-state index contributed by atoms with van der Waals surface area (Å²) in [5, 5.41) is 3.97. The molecule has 96 valence electrons. The van der Waals surface area contributed by atoms with Gasteiger partial charge in [0.05, 0.1) is 6.20 Å². The number of hydrogen-bond donors (Lipinski definition) is 1. The standard InChI is InChI=1S/C11H12BrN3O2S/c1-8-7-9(3-4-10(8)12)14-18(16,17)11-5-6-13-15(11)2/h3-7,14H,1-2H3. The van der Waals surface area contributed by atoms with Gasteiger partial charge in [-0.1, -0.05) is 15.9 Å². The van der Waals surface area contributed by atoms with E-state index >= 15 is 0 Å². The van der Waals surface area contributed by atoms with E-state index in [1.54, 1.807) is 25.2 Å². The van der Waals surface area contributed by atoms with Crippen LogP contribution in [0.5, 0.6) is 0 Å². The van der Waals surface area contributed by atoms with E-state index in [4.69, 9.17) is 0 Å². The summed E-state index contributed by atoms with van der Waals surface area (Å²) in [5.41, 5.74) is 1.48. The summed E-state index contributed by atoms with van der Waals surface area (Å²) < 4.78 is 29.0. The molecule has 0 unspecified atom stereocenters.